The lowest BCUT2D eigenvalue weighted by Crippen LogP contribution is -2.33. The number of aromatic nitrogens is 3. The van der Waals surface area contributed by atoms with Crippen LogP contribution in [-0.2, 0) is 11.8 Å². The van der Waals surface area contributed by atoms with Gasteiger partial charge in [0.2, 0.25) is 5.91 Å². The Morgan fingerprint density at radius 1 is 1.14 bits per heavy atom. The molecule has 35 heavy (non-hydrogen) atoms. The molecule has 0 spiro atoms. The lowest BCUT2D eigenvalue weighted by atomic mass is 10.0. The fourth-order valence-corrected chi connectivity index (χ4v) is 4.26. The van der Waals surface area contributed by atoms with Crippen LogP contribution in [0.1, 0.15) is 36.1 Å². The normalized spacial score (nSPS) is 11.8. The summed E-state index contributed by atoms with van der Waals surface area (Å²) in [4.78, 5) is 35.6. The van der Waals surface area contributed by atoms with E-state index in [2.05, 4.69) is 20.8 Å². The second-order valence-electron chi connectivity index (χ2n) is 7.83. The van der Waals surface area contributed by atoms with Crippen LogP contribution >= 0.6 is 35.0 Å². The highest BCUT2D eigenvalue weighted by Gasteiger charge is 2.26. The number of amides is 2. The van der Waals surface area contributed by atoms with Crippen molar-refractivity contribution in [2.24, 2.45) is 13.0 Å². The van der Waals surface area contributed by atoms with Gasteiger partial charge in [-0.1, -0.05) is 60.9 Å². The molecule has 1 aromatic heterocycles. The highest BCUT2D eigenvalue weighted by atomic mass is 35.5. The molecule has 0 fully saturated rings. The number of non-ortho nitro benzene ring substituents is 1. The lowest BCUT2D eigenvalue weighted by molar-refractivity contribution is -0.384. The van der Waals surface area contributed by atoms with Crippen molar-refractivity contribution in [2.45, 2.75) is 25.0 Å². The first kappa shape index (κ1) is 26.5. The Hall–Kier alpha value is -3.15. The molecule has 0 saturated carbocycles. The summed E-state index contributed by atoms with van der Waals surface area (Å²) in [6.07, 6.45) is 0. The molecule has 10 nitrogen and oxygen atoms in total. The third-order valence-electron chi connectivity index (χ3n) is 4.99. The maximum Gasteiger partial charge on any atom is 0.271 e. The molecule has 1 atom stereocenters. The van der Waals surface area contributed by atoms with Crippen molar-refractivity contribution in [3.63, 3.8) is 0 Å². The first-order chi connectivity index (χ1) is 16.6. The first-order valence-corrected chi connectivity index (χ1v) is 12.1. The molecule has 3 rings (SSSR count). The van der Waals surface area contributed by atoms with Crippen LogP contribution in [0.5, 0.6) is 0 Å². The summed E-state index contributed by atoms with van der Waals surface area (Å²) >= 11 is 13.3. The number of nitro groups is 1. The molecule has 2 N–H and O–H groups in total. The van der Waals surface area contributed by atoms with E-state index in [9.17, 15) is 19.7 Å². The average molecular weight is 537 g/mol. The van der Waals surface area contributed by atoms with E-state index in [4.69, 9.17) is 23.2 Å². The summed E-state index contributed by atoms with van der Waals surface area (Å²) in [5.41, 5.74) is 0.314. The van der Waals surface area contributed by atoms with Gasteiger partial charge in [0, 0.05) is 19.2 Å². The van der Waals surface area contributed by atoms with Gasteiger partial charge in [-0.15, -0.1) is 10.2 Å². The molecular formula is C22H22Cl2N6O4S. The Labute approximate surface area is 215 Å². The lowest BCUT2D eigenvalue weighted by Gasteiger charge is -2.22. The van der Waals surface area contributed by atoms with Gasteiger partial charge >= 0.3 is 0 Å². The van der Waals surface area contributed by atoms with Crippen molar-refractivity contribution in [3.8, 4) is 0 Å². The molecule has 2 amide bonds. The predicted molar refractivity (Wildman–Crippen MR) is 135 cm³/mol. The van der Waals surface area contributed by atoms with Gasteiger partial charge in [0.15, 0.2) is 11.0 Å². The minimum atomic E-state index is -0.572. The molecule has 184 valence electrons. The topological polar surface area (TPSA) is 132 Å². The van der Waals surface area contributed by atoms with Gasteiger partial charge in [-0.2, -0.15) is 0 Å². The molecule has 2 aromatic carbocycles. The van der Waals surface area contributed by atoms with Gasteiger partial charge in [-0.25, -0.2) is 0 Å². The molecule has 0 saturated heterocycles. The zero-order valence-corrected chi connectivity index (χ0v) is 21.3. The number of hydrogen-bond acceptors (Lipinski definition) is 7. The Balaban J connectivity index is 1.69. The predicted octanol–water partition coefficient (Wildman–Crippen LogP) is 4.89. The summed E-state index contributed by atoms with van der Waals surface area (Å²) in [6, 6.07) is 10.1. The molecule has 3 aromatic rings. The van der Waals surface area contributed by atoms with Gasteiger partial charge in [0.25, 0.3) is 11.6 Å². The van der Waals surface area contributed by atoms with Crippen LogP contribution in [0, 0.1) is 16.0 Å². The van der Waals surface area contributed by atoms with E-state index in [0.717, 1.165) is 11.8 Å². The van der Waals surface area contributed by atoms with Crippen LogP contribution in [0.25, 0.3) is 0 Å². The van der Waals surface area contributed by atoms with Crippen molar-refractivity contribution in [1.82, 2.24) is 20.1 Å². The largest absolute Gasteiger partial charge is 0.342 e. The van der Waals surface area contributed by atoms with Crippen LogP contribution in [0.15, 0.2) is 47.6 Å². The minimum Gasteiger partial charge on any atom is -0.342 e. The van der Waals surface area contributed by atoms with Crippen LogP contribution in [0.3, 0.4) is 0 Å². The standard InChI is InChI=1S/C22H22Cl2N6O4S/c1-12(2)19(26-21(32)14-6-4-5-7-15(14)23)20-27-28-22(29(20)3)35-11-18(31)25-17-10-13(30(33)34)8-9-16(17)24/h4-10,12,19H,11H2,1-3H3,(H,25,31)(H,26,32)/t19-/m0/s1. The monoisotopic (exact) mass is 536 g/mol. The number of hydrogen-bond donors (Lipinski definition) is 2. The van der Waals surface area contributed by atoms with Crippen molar-refractivity contribution in [1.29, 1.82) is 0 Å². The van der Waals surface area contributed by atoms with Crippen LogP contribution in [-0.4, -0.2) is 37.3 Å². The number of nitro benzene ring substituents is 1. The molecule has 0 bridgehead atoms. The van der Waals surface area contributed by atoms with E-state index in [1.165, 1.54) is 18.2 Å². The average Bonchev–Trinajstić information content (AvgIpc) is 3.17. The maximum atomic E-state index is 12.8. The van der Waals surface area contributed by atoms with Gasteiger partial charge in [-0.05, 0) is 24.1 Å². The SMILES string of the molecule is CC(C)[C@H](NC(=O)c1ccccc1Cl)c1nnc(SCC(=O)Nc2cc([N+](=O)[O-])ccc2Cl)n1C. The smallest absolute Gasteiger partial charge is 0.271 e. The Kier molecular flexibility index (Phi) is 8.71. The van der Waals surface area contributed by atoms with E-state index in [0.29, 0.717) is 21.6 Å². The Morgan fingerprint density at radius 3 is 2.51 bits per heavy atom. The van der Waals surface area contributed by atoms with E-state index in [1.54, 1.807) is 35.9 Å². The van der Waals surface area contributed by atoms with Crippen LogP contribution < -0.4 is 10.6 Å². The minimum absolute atomic E-state index is 0.0125. The van der Waals surface area contributed by atoms with E-state index in [1.807, 2.05) is 13.8 Å². The van der Waals surface area contributed by atoms with Gasteiger partial charge in [-0.3, -0.25) is 19.7 Å². The molecule has 0 aliphatic rings. The third-order valence-corrected chi connectivity index (χ3v) is 6.67. The summed E-state index contributed by atoms with van der Waals surface area (Å²) in [5.74, 6) is -0.288. The highest BCUT2D eigenvalue weighted by Crippen LogP contribution is 2.28. The molecule has 0 aliphatic heterocycles. The number of halogens is 2. The quantitative estimate of drug-likeness (QED) is 0.226. The fourth-order valence-electron chi connectivity index (χ4n) is 3.16. The third kappa shape index (κ3) is 6.50. The number of benzene rings is 2. The zero-order valence-electron chi connectivity index (χ0n) is 19.0. The van der Waals surface area contributed by atoms with Gasteiger partial charge < -0.3 is 15.2 Å². The second kappa shape index (κ2) is 11.5. The number of nitrogens with zero attached hydrogens (tertiary/aromatic N) is 4. The van der Waals surface area contributed by atoms with Crippen molar-refractivity contribution < 1.29 is 14.5 Å². The van der Waals surface area contributed by atoms with E-state index in [-0.39, 0.29) is 34.0 Å². The number of anilines is 1. The zero-order chi connectivity index (χ0) is 25.7. The first-order valence-electron chi connectivity index (χ1n) is 10.4. The number of carbonyl (C=O) groups excluding carboxylic acids is 2. The van der Waals surface area contributed by atoms with Gasteiger partial charge in [0.05, 0.1) is 38.0 Å². The summed E-state index contributed by atoms with van der Waals surface area (Å²) in [6.45, 7) is 3.88. The molecule has 1 heterocycles. The fraction of sp³-hybridized carbons (Fsp3) is 0.273. The molecule has 13 heteroatoms. The maximum absolute atomic E-state index is 12.8. The molecular weight excluding hydrogens is 515 g/mol. The number of nitrogens with one attached hydrogen (secondary N) is 2. The van der Waals surface area contributed by atoms with Crippen molar-refractivity contribution in [3.05, 3.63) is 74.0 Å². The summed E-state index contributed by atoms with van der Waals surface area (Å²) in [5, 5.41) is 25.9. The number of carbonyl (C=O) groups is 2. The summed E-state index contributed by atoms with van der Waals surface area (Å²) < 4.78 is 1.70. The Bertz CT molecular complexity index is 1270. The highest BCUT2D eigenvalue weighted by molar-refractivity contribution is 7.99. The van der Waals surface area contributed by atoms with E-state index < -0.39 is 16.9 Å². The van der Waals surface area contributed by atoms with Crippen LogP contribution in [0.4, 0.5) is 11.4 Å². The van der Waals surface area contributed by atoms with Crippen molar-refractivity contribution >= 4 is 58.2 Å². The Morgan fingerprint density at radius 2 is 1.86 bits per heavy atom. The van der Waals surface area contributed by atoms with Crippen molar-refractivity contribution in [2.75, 3.05) is 11.1 Å². The van der Waals surface area contributed by atoms with E-state index >= 15 is 0 Å². The molecule has 0 aliphatic carbocycles. The van der Waals surface area contributed by atoms with Crippen LogP contribution in [0.2, 0.25) is 10.0 Å². The summed E-state index contributed by atoms with van der Waals surface area (Å²) in [7, 11) is 1.74. The number of thioether (sulfide) groups is 1. The van der Waals surface area contributed by atoms with Gasteiger partial charge in [0.1, 0.15) is 0 Å². The second-order valence-corrected chi connectivity index (χ2v) is 9.59. The molecule has 0 radical (unpaired) electrons. The number of rotatable bonds is 9. The molecule has 0 unspecified atom stereocenters.